The maximum absolute atomic E-state index is 5.45. The van der Waals surface area contributed by atoms with Crippen molar-refractivity contribution in [3.63, 3.8) is 0 Å². The lowest BCUT2D eigenvalue weighted by molar-refractivity contribution is -0.00134. The van der Waals surface area contributed by atoms with Crippen molar-refractivity contribution in [2.75, 3.05) is 59.4 Å². The Morgan fingerprint density at radius 1 is 0.579 bits per heavy atom. The summed E-state index contributed by atoms with van der Waals surface area (Å²) in [6.45, 7) is 7.91. The first-order valence-corrected chi connectivity index (χ1v) is 7.42. The van der Waals surface area contributed by atoms with Gasteiger partial charge in [0.25, 0.3) is 0 Å². The lowest BCUT2D eigenvalue weighted by Crippen LogP contribution is -2.14. The molecule has 0 aromatic heterocycles. The van der Waals surface area contributed by atoms with Crippen LogP contribution < -0.4 is 5.73 Å². The average Bonchev–Trinajstić information content (AvgIpc) is 2.43. The Bertz CT molecular complexity index is 142. The summed E-state index contributed by atoms with van der Waals surface area (Å²) in [6, 6.07) is 0. The van der Waals surface area contributed by atoms with Crippen molar-refractivity contribution in [2.24, 2.45) is 5.73 Å². The number of nitrogens with two attached hydrogens (primary N) is 1. The molecule has 0 amide bonds. The van der Waals surface area contributed by atoms with Crippen molar-refractivity contribution >= 4 is 0 Å². The van der Waals surface area contributed by atoms with Crippen LogP contribution >= 0.6 is 0 Å². The molecule has 0 heterocycles. The van der Waals surface area contributed by atoms with Crippen LogP contribution in [0.5, 0.6) is 0 Å². The second kappa shape index (κ2) is 17.8. The van der Waals surface area contributed by atoms with Gasteiger partial charge in [0.1, 0.15) is 0 Å². The maximum Gasteiger partial charge on any atom is 0.0701 e. The number of ether oxygens (including phenoxy) is 4. The summed E-state index contributed by atoms with van der Waals surface area (Å²) in [5.41, 5.74) is 5.29. The Hall–Kier alpha value is -0.200. The lowest BCUT2D eigenvalue weighted by Gasteiger charge is -2.07. The van der Waals surface area contributed by atoms with Gasteiger partial charge in [-0.3, -0.25) is 0 Å². The molecule has 2 N–H and O–H groups in total. The topological polar surface area (TPSA) is 62.9 Å². The van der Waals surface area contributed by atoms with Gasteiger partial charge in [-0.15, -0.1) is 0 Å². The van der Waals surface area contributed by atoms with E-state index in [0.717, 1.165) is 13.0 Å². The molecule has 0 fully saturated rings. The van der Waals surface area contributed by atoms with Gasteiger partial charge in [-0.1, -0.05) is 26.2 Å². The van der Waals surface area contributed by atoms with Crippen LogP contribution in [0.3, 0.4) is 0 Å². The zero-order chi connectivity index (χ0) is 14.0. The van der Waals surface area contributed by atoms with E-state index in [1.165, 1.54) is 19.3 Å². The highest BCUT2D eigenvalue weighted by atomic mass is 16.6. The Kier molecular flexibility index (Phi) is 17.6. The van der Waals surface area contributed by atoms with E-state index in [2.05, 4.69) is 6.92 Å². The third kappa shape index (κ3) is 17.8. The molecule has 0 aromatic rings. The van der Waals surface area contributed by atoms with E-state index in [9.17, 15) is 0 Å². The average molecular weight is 277 g/mol. The summed E-state index contributed by atoms with van der Waals surface area (Å²) in [5.74, 6) is 0. The van der Waals surface area contributed by atoms with Crippen LogP contribution in [0.15, 0.2) is 0 Å². The van der Waals surface area contributed by atoms with Crippen LogP contribution in [0, 0.1) is 0 Å². The quantitative estimate of drug-likeness (QED) is 0.434. The molecule has 0 radical (unpaired) electrons. The first-order chi connectivity index (χ1) is 9.41. The number of hydrogen-bond donors (Lipinski definition) is 1. The minimum atomic E-state index is 0.557. The molecular weight excluding hydrogens is 246 g/mol. The Morgan fingerprint density at radius 3 is 1.53 bits per heavy atom. The van der Waals surface area contributed by atoms with Gasteiger partial charge in [-0.2, -0.15) is 0 Å². The summed E-state index contributed by atoms with van der Waals surface area (Å²) in [6.07, 6.45) is 4.98. The second-order valence-corrected chi connectivity index (χ2v) is 4.30. The van der Waals surface area contributed by atoms with Crippen LogP contribution in [-0.2, 0) is 18.9 Å². The summed E-state index contributed by atoms with van der Waals surface area (Å²) in [7, 11) is 0. The summed E-state index contributed by atoms with van der Waals surface area (Å²) in [5, 5.41) is 0. The molecule has 0 unspecified atom stereocenters. The Labute approximate surface area is 117 Å². The molecule has 0 aromatic carbocycles. The van der Waals surface area contributed by atoms with Crippen molar-refractivity contribution < 1.29 is 18.9 Å². The second-order valence-electron chi connectivity index (χ2n) is 4.30. The SMILES string of the molecule is CCCCCCOCCOCCOCCOCCN. The van der Waals surface area contributed by atoms with Crippen LogP contribution in [-0.4, -0.2) is 59.4 Å². The minimum Gasteiger partial charge on any atom is -0.379 e. The zero-order valence-electron chi connectivity index (χ0n) is 12.4. The zero-order valence-corrected chi connectivity index (χ0v) is 12.4. The van der Waals surface area contributed by atoms with E-state index in [0.29, 0.717) is 52.8 Å². The Balaban J connectivity index is 2.88. The third-order valence-corrected chi connectivity index (χ3v) is 2.52. The van der Waals surface area contributed by atoms with Crippen LogP contribution in [0.2, 0.25) is 0 Å². The third-order valence-electron chi connectivity index (χ3n) is 2.52. The van der Waals surface area contributed by atoms with Crippen molar-refractivity contribution in [3.8, 4) is 0 Å². The van der Waals surface area contributed by atoms with Crippen LogP contribution in [0.1, 0.15) is 32.6 Å². The molecule has 19 heavy (non-hydrogen) atoms. The lowest BCUT2D eigenvalue weighted by atomic mass is 10.2. The number of rotatable bonds is 16. The molecule has 0 aliphatic rings. The molecule has 5 heteroatoms. The molecule has 0 spiro atoms. The first kappa shape index (κ1) is 18.8. The van der Waals surface area contributed by atoms with E-state index in [4.69, 9.17) is 24.7 Å². The van der Waals surface area contributed by atoms with Gasteiger partial charge < -0.3 is 24.7 Å². The van der Waals surface area contributed by atoms with Gasteiger partial charge in [-0.05, 0) is 6.42 Å². The van der Waals surface area contributed by atoms with Crippen molar-refractivity contribution in [3.05, 3.63) is 0 Å². The van der Waals surface area contributed by atoms with E-state index >= 15 is 0 Å². The molecular formula is C14H31NO4. The van der Waals surface area contributed by atoms with E-state index in [-0.39, 0.29) is 0 Å². The molecule has 0 aliphatic heterocycles. The minimum absolute atomic E-state index is 0.557. The highest BCUT2D eigenvalue weighted by Gasteiger charge is 1.92. The molecule has 0 saturated heterocycles. The molecule has 5 nitrogen and oxygen atoms in total. The fourth-order valence-corrected chi connectivity index (χ4v) is 1.48. The molecule has 0 rings (SSSR count). The van der Waals surface area contributed by atoms with Crippen molar-refractivity contribution in [1.29, 1.82) is 0 Å². The molecule has 116 valence electrons. The van der Waals surface area contributed by atoms with Gasteiger partial charge in [0.05, 0.1) is 46.2 Å². The molecule has 0 aliphatic carbocycles. The highest BCUT2D eigenvalue weighted by molar-refractivity contribution is 4.40. The monoisotopic (exact) mass is 277 g/mol. The summed E-state index contributed by atoms with van der Waals surface area (Å²) in [4.78, 5) is 0. The normalized spacial score (nSPS) is 11.1. The van der Waals surface area contributed by atoms with Gasteiger partial charge in [0.2, 0.25) is 0 Å². The molecule has 0 atom stereocenters. The van der Waals surface area contributed by atoms with Gasteiger partial charge in [0, 0.05) is 13.2 Å². The van der Waals surface area contributed by atoms with Crippen LogP contribution in [0.25, 0.3) is 0 Å². The highest BCUT2D eigenvalue weighted by Crippen LogP contribution is 1.98. The summed E-state index contributed by atoms with van der Waals surface area (Å²) < 4.78 is 21.3. The van der Waals surface area contributed by atoms with E-state index in [1.807, 2.05) is 0 Å². The number of unbranched alkanes of at least 4 members (excludes halogenated alkanes) is 3. The van der Waals surface area contributed by atoms with Crippen molar-refractivity contribution in [2.45, 2.75) is 32.6 Å². The number of hydrogen-bond acceptors (Lipinski definition) is 5. The maximum atomic E-state index is 5.45. The molecule has 0 saturated carbocycles. The fraction of sp³-hybridized carbons (Fsp3) is 1.00. The van der Waals surface area contributed by atoms with Crippen LogP contribution in [0.4, 0.5) is 0 Å². The molecule has 0 bridgehead atoms. The van der Waals surface area contributed by atoms with E-state index < -0.39 is 0 Å². The van der Waals surface area contributed by atoms with Gasteiger partial charge in [0.15, 0.2) is 0 Å². The largest absolute Gasteiger partial charge is 0.379 e. The predicted octanol–water partition coefficient (Wildman–Crippen LogP) is 1.59. The Morgan fingerprint density at radius 2 is 1.05 bits per heavy atom. The van der Waals surface area contributed by atoms with Gasteiger partial charge in [-0.25, -0.2) is 0 Å². The van der Waals surface area contributed by atoms with E-state index in [1.54, 1.807) is 0 Å². The van der Waals surface area contributed by atoms with Gasteiger partial charge >= 0.3 is 0 Å². The van der Waals surface area contributed by atoms with Crippen molar-refractivity contribution in [1.82, 2.24) is 0 Å². The standard InChI is InChI=1S/C14H31NO4/c1-2-3-4-5-7-16-9-11-18-13-14-19-12-10-17-8-6-15/h2-15H2,1H3. The smallest absolute Gasteiger partial charge is 0.0701 e. The first-order valence-electron chi connectivity index (χ1n) is 7.42. The predicted molar refractivity (Wildman–Crippen MR) is 76.5 cm³/mol. The summed E-state index contributed by atoms with van der Waals surface area (Å²) >= 11 is 0. The fourth-order valence-electron chi connectivity index (χ4n) is 1.48.